The molecule has 0 aliphatic heterocycles. The van der Waals surface area contributed by atoms with Crippen LogP contribution in [0.3, 0.4) is 0 Å². The maximum atomic E-state index is 12.9. The van der Waals surface area contributed by atoms with Gasteiger partial charge in [-0.05, 0) is 41.5 Å². The monoisotopic (exact) mass is 464 g/mol. The van der Waals surface area contributed by atoms with E-state index < -0.39 is 22.8 Å². The molecule has 176 valence electrons. The molecule has 1 atom stereocenters. The lowest BCUT2D eigenvalue weighted by atomic mass is 10.1. The highest BCUT2D eigenvalue weighted by molar-refractivity contribution is 5.97. The molecule has 0 aromatic heterocycles. The molecule has 34 heavy (non-hydrogen) atoms. The molecular weight excluding hydrogens is 440 g/mol. The van der Waals surface area contributed by atoms with Crippen LogP contribution >= 0.6 is 0 Å². The van der Waals surface area contributed by atoms with Gasteiger partial charge in [0.25, 0.3) is 11.6 Å². The summed E-state index contributed by atoms with van der Waals surface area (Å²) in [5.41, 5.74) is 1.66. The summed E-state index contributed by atoms with van der Waals surface area (Å²) in [6.45, 7) is -0.0889. The van der Waals surface area contributed by atoms with Crippen LogP contribution in [-0.4, -0.2) is 37.1 Å². The Labute approximate surface area is 196 Å². The first kappa shape index (κ1) is 24.2. The van der Waals surface area contributed by atoms with Crippen molar-refractivity contribution in [1.82, 2.24) is 5.32 Å². The maximum Gasteiger partial charge on any atom is 0.329 e. The van der Waals surface area contributed by atoms with Gasteiger partial charge >= 0.3 is 5.97 Å². The minimum absolute atomic E-state index is 0.0563. The number of methoxy groups -OCH3 is 2. The summed E-state index contributed by atoms with van der Waals surface area (Å²) in [6, 6.07) is 18.7. The van der Waals surface area contributed by atoms with Gasteiger partial charge in [-0.3, -0.25) is 14.9 Å². The molecule has 0 bridgehead atoms. The first-order chi connectivity index (χ1) is 16.4. The predicted octanol–water partition coefficient (Wildman–Crippen LogP) is 3.70. The Morgan fingerprint density at radius 2 is 1.59 bits per heavy atom. The van der Waals surface area contributed by atoms with E-state index in [1.165, 1.54) is 44.6 Å². The predicted molar refractivity (Wildman–Crippen MR) is 124 cm³/mol. The van der Waals surface area contributed by atoms with E-state index >= 15 is 0 Å². The normalized spacial score (nSPS) is 11.2. The fourth-order valence-corrected chi connectivity index (χ4v) is 3.23. The van der Waals surface area contributed by atoms with Crippen molar-refractivity contribution in [3.63, 3.8) is 0 Å². The lowest BCUT2D eigenvalue weighted by Gasteiger charge is -2.18. The third kappa shape index (κ3) is 6.32. The Kier molecular flexibility index (Phi) is 8.17. The second-order valence-corrected chi connectivity index (χ2v) is 7.32. The van der Waals surface area contributed by atoms with Gasteiger partial charge in [-0.15, -0.1) is 0 Å². The molecular formula is C25H24N2O7. The van der Waals surface area contributed by atoms with Gasteiger partial charge in [0.15, 0.2) is 11.5 Å². The first-order valence-corrected chi connectivity index (χ1v) is 10.4. The minimum atomic E-state index is -0.957. The molecule has 0 spiro atoms. The van der Waals surface area contributed by atoms with Gasteiger partial charge in [-0.1, -0.05) is 30.3 Å². The van der Waals surface area contributed by atoms with Crippen LogP contribution in [0.2, 0.25) is 0 Å². The molecule has 9 heteroatoms. The number of rotatable bonds is 10. The molecule has 3 aromatic carbocycles. The van der Waals surface area contributed by atoms with Crippen molar-refractivity contribution in [3.8, 4) is 11.5 Å². The number of benzene rings is 3. The SMILES string of the molecule is COc1ccc(C(=O)NC(Cc2ccccc2)C(=O)OCc2ccc([N+](=O)[O-])cc2)cc1OC. The molecule has 0 heterocycles. The Balaban J connectivity index is 1.74. The van der Waals surface area contributed by atoms with Crippen molar-refractivity contribution in [2.45, 2.75) is 19.1 Å². The number of amides is 1. The largest absolute Gasteiger partial charge is 0.493 e. The fourth-order valence-electron chi connectivity index (χ4n) is 3.23. The van der Waals surface area contributed by atoms with Gasteiger partial charge in [0, 0.05) is 24.1 Å². The number of nitro benzene ring substituents is 1. The molecule has 0 fully saturated rings. The van der Waals surface area contributed by atoms with Crippen molar-refractivity contribution < 1.29 is 28.7 Å². The summed E-state index contributed by atoms with van der Waals surface area (Å²) < 4.78 is 15.9. The van der Waals surface area contributed by atoms with E-state index in [2.05, 4.69) is 5.32 Å². The van der Waals surface area contributed by atoms with E-state index in [1.54, 1.807) is 12.1 Å². The number of hydrogen-bond acceptors (Lipinski definition) is 7. The number of carbonyl (C=O) groups is 2. The third-order valence-electron chi connectivity index (χ3n) is 5.05. The second-order valence-electron chi connectivity index (χ2n) is 7.32. The zero-order chi connectivity index (χ0) is 24.5. The topological polar surface area (TPSA) is 117 Å². The van der Waals surface area contributed by atoms with Crippen molar-refractivity contribution in [3.05, 3.63) is 99.6 Å². The highest BCUT2D eigenvalue weighted by atomic mass is 16.6. The zero-order valence-corrected chi connectivity index (χ0v) is 18.7. The molecule has 0 aliphatic rings. The number of nitrogens with zero attached hydrogens (tertiary/aromatic N) is 1. The summed E-state index contributed by atoms with van der Waals surface area (Å²) in [5, 5.41) is 13.5. The van der Waals surface area contributed by atoms with Crippen LogP contribution in [0.25, 0.3) is 0 Å². The van der Waals surface area contributed by atoms with Crippen LogP contribution in [0.15, 0.2) is 72.8 Å². The van der Waals surface area contributed by atoms with Crippen LogP contribution in [0, 0.1) is 10.1 Å². The number of hydrogen-bond donors (Lipinski definition) is 1. The first-order valence-electron chi connectivity index (χ1n) is 10.4. The van der Waals surface area contributed by atoms with Crippen LogP contribution in [0.4, 0.5) is 5.69 Å². The molecule has 0 saturated carbocycles. The van der Waals surface area contributed by atoms with Gasteiger partial charge in [0.2, 0.25) is 0 Å². The number of carbonyl (C=O) groups excluding carboxylic acids is 2. The number of nitro groups is 1. The average Bonchev–Trinajstić information content (AvgIpc) is 2.87. The Morgan fingerprint density at radius 1 is 0.912 bits per heavy atom. The molecule has 0 saturated heterocycles. The number of ether oxygens (including phenoxy) is 3. The quantitative estimate of drug-likeness (QED) is 0.276. The van der Waals surface area contributed by atoms with Gasteiger partial charge in [0.05, 0.1) is 19.1 Å². The highest BCUT2D eigenvalue weighted by Gasteiger charge is 2.24. The third-order valence-corrected chi connectivity index (χ3v) is 5.05. The van der Waals surface area contributed by atoms with E-state index in [1.807, 2.05) is 30.3 Å². The van der Waals surface area contributed by atoms with E-state index in [0.717, 1.165) is 5.56 Å². The van der Waals surface area contributed by atoms with Gasteiger partial charge in [-0.25, -0.2) is 4.79 Å². The van der Waals surface area contributed by atoms with Crippen molar-refractivity contribution in [1.29, 1.82) is 0 Å². The summed E-state index contributed by atoms with van der Waals surface area (Å²) >= 11 is 0. The standard InChI is InChI=1S/C25H24N2O7/c1-32-22-13-10-19(15-23(22)33-2)24(28)26-21(14-17-6-4-3-5-7-17)25(29)34-16-18-8-11-20(12-9-18)27(30)31/h3-13,15,21H,14,16H2,1-2H3,(H,26,28). The Bertz CT molecular complexity index is 1150. The highest BCUT2D eigenvalue weighted by Crippen LogP contribution is 2.27. The minimum Gasteiger partial charge on any atom is -0.493 e. The van der Waals surface area contributed by atoms with Crippen LogP contribution in [0.5, 0.6) is 11.5 Å². The van der Waals surface area contributed by atoms with Gasteiger partial charge in [-0.2, -0.15) is 0 Å². The van der Waals surface area contributed by atoms with Gasteiger partial charge < -0.3 is 19.5 Å². The number of esters is 1. The number of non-ortho nitro benzene ring substituents is 1. The molecule has 0 aliphatic carbocycles. The smallest absolute Gasteiger partial charge is 0.329 e. The molecule has 1 amide bonds. The summed E-state index contributed by atoms with van der Waals surface area (Å²) in [7, 11) is 2.96. The molecule has 9 nitrogen and oxygen atoms in total. The molecule has 3 aromatic rings. The van der Waals surface area contributed by atoms with Crippen LogP contribution in [-0.2, 0) is 22.6 Å². The summed E-state index contributed by atoms with van der Waals surface area (Å²) in [4.78, 5) is 36.1. The Hall–Kier alpha value is -4.40. The molecule has 0 radical (unpaired) electrons. The van der Waals surface area contributed by atoms with E-state index in [0.29, 0.717) is 22.6 Å². The molecule has 3 rings (SSSR count). The average molecular weight is 464 g/mol. The molecule has 1 unspecified atom stereocenters. The maximum absolute atomic E-state index is 12.9. The lowest BCUT2D eigenvalue weighted by Crippen LogP contribution is -2.43. The number of nitrogens with one attached hydrogen (secondary N) is 1. The van der Waals surface area contributed by atoms with Crippen molar-refractivity contribution in [2.75, 3.05) is 14.2 Å². The Morgan fingerprint density at radius 3 is 2.21 bits per heavy atom. The zero-order valence-electron chi connectivity index (χ0n) is 18.7. The van der Waals surface area contributed by atoms with E-state index in [-0.39, 0.29) is 18.7 Å². The van der Waals surface area contributed by atoms with Gasteiger partial charge in [0.1, 0.15) is 12.6 Å². The molecule has 1 N–H and O–H groups in total. The fraction of sp³-hybridized carbons (Fsp3) is 0.200. The van der Waals surface area contributed by atoms with E-state index in [4.69, 9.17) is 14.2 Å². The lowest BCUT2D eigenvalue weighted by molar-refractivity contribution is -0.384. The van der Waals surface area contributed by atoms with Crippen molar-refractivity contribution in [2.24, 2.45) is 0 Å². The van der Waals surface area contributed by atoms with E-state index in [9.17, 15) is 19.7 Å². The summed E-state index contributed by atoms with van der Waals surface area (Å²) in [5.74, 6) is -0.247. The van der Waals surface area contributed by atoms with Crippen LogP contribution in [0.1, 0.15) is 21.5 Å². The second kappa shape index (κ2) is 11.5. The summed E-state index contributed by atoms with van der Waals surface area (Å²) in [6.07, 6.45) is 0.221. The van der Waals surface area contributed by atoms with Crippen LogP contribution < -0.4 is 14.8 Å². The van der Waals surface area contributed by atoms with Crippen molar-refractivity contribution >= 4 is 17.6 Å².